The van der Waals surface area contributed by atoms with Gasteiger partial charge in [-0.25, -0.2) is 0 Å². The lowest BCUT2D eigenvalue weighted by Gasteiger charge is -2.05. The fourth-order valence-electron chi connectivity index (χ4n) is 1.41. The zero-order valence-electron chi connectivity index (χ0n) is 8.53. The van der Waals surface area contributed by atoms with E-state index in [-0.39, 0.29) is 5.91 Å². The van der Waals surface area contributed by atoms with Gasteiger partial charge in [-0.3, -0.25) is 4.79 Å². The monoisotopic (exact) mass is 234 g/mol. The molecule has 0 radical (unpaired) electrons. The summed E-state index contributed by atoms with van der Waals surface area (Å²) < 4.78 is 0. The van der Waals surface area contributed by atoms with Crippen LogP contribution in [0.3, 0.4) is 0 Å². The summed E-state index contributed by atoms with van der Waals surface area (Å²) in [7, 11) is 0. The van der Waals surface area contributed by atoms with Crippen molar-refractivity contribution in [2.75, 3.05) is 5.32 Å². The summed E-state index contributed by atoms with van der Waals surface area (Å²) in [6.07, 6.45) is 3.93. The van der Waals surface area contributed by atoms with Crippen molar-refractivity contribution in [3.63, 3.8) is 0 Å². The first-order chi connectivity index (χ1) is 7.75. The van der Waals surface area contributed by atoms with E-state index in [1.54, 1.807) is 24.5 Å². The Morgan fingerprint density at radius 2 is 2.12 bits per heavy atom. The molecule has 0 bridgehead atoms. The summed E-state index contributed by atoms with van der Waals surface area (Å²) >= 11 is 5.93. The zero-order valence-corrected chi connectivity index (χ0v) is 9.29. The number of hydrogen-bond donors (Lipinski definition) is 2. The van der Waals surface area contributed by atoms with Gasteiger partial charge in [-0.1, -0.05) is 23.7 Å². The molecule has 0 spiro atoms. The number of hydrogen-bond acceptors (Lipinski definition) is 1. The van der Waals surface area contributed by atoms with Gasteiger partial charge >= 0.3 is 0 Å². The van der Waals surface area contributed by atoms with Crippen LogP contribution in [-0.4, -0.2) is 10.9 Å². The van der Waals surface area contributed by atoms with Crippen LogP contribution in [0.25, 0.3) is 0 Å². The van der Waals surface area contributed by atoms with E-state index in [2.05, 4.69) is 10.3 Å². The van der Waals surface area contributed by atoms with Crippen LogP contribution in [0.15, 0.2) is 42.7 Å². The molecule has 16 heavy (non-hydrogen) atoms. The second-order valence-corrected chi connectivity index (χ2v) is 3.83. The SMILES string of the molecule is O=C(Cc1cc[nH]c1)Nc1ccccc1Cl. The molecule has 1 aromatic heterocycles. The molecule has 2 aromatic rings. The van der Waals surface area contributed by atoms with Gasteiger partial charge in [0.25, 0.3) is 0 Å². The number of aromatic nitrogens is 1. The van der Waals surface area contributed by atoms with Gasteiger partial charge in [0.05, 0.1) is 17.1 Å². The standard InChI is InChI=1S/C12H11ClN2O/c13-10-3-1-2-4-11(10)15-12(16)7-9-5-6-14-8-9/h1-6,8,14H,7H2,(H,15,16). The Morgan fingerprint density at radius 3 is 2.81 bits per heavy atom. The van der Waals surface area contributed by atoms with Crippen LogP contribution in [-0.2, 0) is 11.2 Å². The lowest BCUT2D eigenvalue weighted by atomic mass is 10.2. The highest BCUT2D eigenvalue weighted by atomic mass is 35.5. The Hall–Kier alpha value is -1.74. The third-order valence-electron chi connectivity index (χ3n) is 2.17. The molecule has 0 saturated carbocycles. The molecule has 3 nitrogen and oxygen atoms in total. The maximum absolute atomic E-state index is 11.6. The molecule has 1 amide bonds. The molecular weight excluding hydrogens is 224 g/mol. The lowest BCUT2D eigenvalue weighted by Crippen LogP contribution is -2.14. The molecule has 2 N–H and O–H groups in total. The normalized spacial score (nSPS) is 10.1. The van der Waals surface area contributed by atoms with Crippen LogP contribution in [0.1, 0.15) is 5.56 Å². The number of rotatable bonds is 3. The van der Waals surface area contributed by atoms with E-state index in [9.17, 15) is 4.79 Å². The Kier molecular flexibility index (Phi) is 3.27. The molecule has 0 unspecified atom stereocenters. The molecular formula is C12H11ClN2O. The summed E-state index contributed by atoms with van der Waals surface area (Å²) in [6, 6.07) is 9.04. The number of anilines is 1. The topological polar surface area (TPSA) is 44.9 Å². The molecule has 82 valence electrons. The van der Waals surface area contributed by atoms with Gasteiger partial charge in [-0.15, -0.1) is 0 Å². The first-order valence-corrected chi connectivity index (χ1v) is 5.29. The predicted octanol–water partition coefficient (Wildman–Crippen LogP) is 2.85. The average molecular weight is 235 g/mol. The number of amides is 1. The van der Waals surface area contributed by atoms with E-state index in [1.807, 2.05) is 18.2 Å². The van der Waals surface area contributed by atoms with Crippen molar-refractivity contribution < 1.29 is 4.79 Å². The molecule has 0 aliphatic rings. The van der Waals surface area contributed by atoms with Gasteiger partial charge in [0, 0.05) is 12.4 Å². The summed E-state index contributed by atoms with van der Waals surface area (Å²) in [4.78, 5) is 14.6. The van der Waals surface area contributed by atoms with Crippen LogP contribution >= 0.6 is 11.6 Å². The Balaban J connectivity index is 2.00. The number of nitrogens with one attached hydrogen (secondary N) is 2. The average Bonchev–Trinajstić information content (AvgIpc) is 2.74. The van der Waals surface area contributed by atoms with E-state index in [1.165, 1.54) is 0 Å². The number of benzene rings is 1. The molecule has 0 fully saturated rings. The number of halogens is 1. The Labute approximate surface area is 98.4 Å². The van der Waals surface area contributed by atoms with Crippen LogP contribution in [0.5, 0.6) is 0 Å². The van der Waals surface area contributed by atoms with E-state index in [0.29, 0.717) is 17.1 Å². The van der Waals surface area contributed by atoms with Gasteiger partial charge in [-0.2, -0.15) is 0 Å². The minimum absolute atomic E-state index is 0.0762. The minimum Gasteiger partial charge on any atom is -0.367 e. The van der Waals surface area contributed by atoms with E-state index in [0.717, 1.165) is 5.56 Å². The maximum Gasteiger partial charge on any atom is 0.228 e. The predicted molar refractivity (Wildman–Crippen MR) is 64.6 cm³/mol. The highest BCUT2D eigenvalue weighted by molar-refractivity contribution is 6.33. The van der Waals surface area contributed by atoms with Gasteiger partial charge in [0.15, 0.2) is 0 Å². The summed E-state index contributed by atoms with van der Waals surface area (Å²) in [6.45, 7) is 0. The second kappa shape index (κ2) is 4.86. The first-order valence-electron chi connectivity index (χ1n) is 4.92. The molecule has 0 atom stereocenters. The smallest absolute Gasteiger partial charge is 0.228 e. The number of carbonyl (C=O) groups excluding carboxylic acids is 1. The van der Waals surface area contributed by atoms with Crippen LogP contribution in [0.4, 0.5) is 5.69 Å². The number of H-pyrrole nitrogens is 1. The minimum atomic E-state index is -0.0762. The van der Waals surface area contributed by atoms with Crippen molar-refractivity contribution in [3.8, 4) is 0 Å². The fraction of sp³-hybridized carbons (Fsp3) is 0.0833. The zero-order chi connectivity index (χ0) is 11.4. The van der Waals surface area contributed by atoms with Crippen molar-refractivity contribution in [2.45, 2.75) is 6.42 Å². The fourth-order valence-corrected chi connectivity index (χ4v) is 1.59. The van der Waals surface area contributed by atoms with Crippen LogP contribution in [0.2, 0.25) is 5.02 Å². The van der Waals surface area contributed by atoms with Gasteiger partial charge < -0.3 is 10.3 Å². The molecule has 0 aliphatic carbocycles. The summed E-state index contributed by atoms with van der Waals surface area (Å²) in [5.74, 6) is -0.0762. The Morgan fingerprint density at radius 1 is 1.31 bits per heavy atom. The third kappa shape index (κ3) is 2.64. The summed E-state index contributed by atoms with van der Waals surface area (Å²) in [5, 5.41) is 3.31. The molecule has 4 heteroatoms. The number of aromatic amines is 1. The van der Waals surface area contributed by atoms with Gasteiger partial charge in [-0.05, 0) is 23.8 Å². The largest absolute Gasteiger partial charge is 0.367 e. The molecule has 2 rings (SSSR count). The van der Waals surface area contributed by atoms with E-state index < -0.39 is 0 Å². The van der Waals surface area contributed by atoms with Gasteiger partial charge in [0.2, 0.25) is 5.91 Å². The number of para-hydroxylation sites is 1. The number of carbonyl (C=O) groups is 1. The van der Waals surface area contributed by atoms with Crippen molar-refractivity contribution in [2.24, 2.45) is 0 Å². The van der Waals surface area contributed by atoms with Crippen molar-refractivity contribution >= 4 is 23.2 Å². The van der Waals surface area contributed by atoms with Crippen molar-refractivity contribution in [3.05, 3.63) is 53.3 Å². The molecule has 1 aromatic carbocycles. The van der Waals surface area contributed by atoms with E-state index in [4.69, 9.17) is 11.6 Å². The molecule has 1 heterocycles. The van der Waals surface area contributed by atoms with Crippen molar-refractivity contribution in [1.82, 2.24) is 4.98 Å². The van der Waals surface area contributed by atoms with Gasteiger partial charge in [0.1, 0.15) is 0 Å². The molecule has 0 saturated heterocycles. The lowest BCUT2D eigenvalue weighted by molar-refractivity contribution is -0.115. The van der Waals surface area contributed by atoms with Crippen molar-refractivity contribution in [1.29, 1.82) is 0 Å². The maximum atomic E-state index is 11.6. The first kappa shape index (κ1) is 10.8. The Bertz CT molecular complexity index is 480. The van der Waals surface area contributed by atoms with Crippen LogP contribution in [0, 0.1) is 0 Å². The quantitative estimate of drug-likeness (QED) is 0.843. The van der Waals surface area contributed by atoms with Crippen LogP contribution < -0.4 is 5.32 Å². The highest BCUT2D eigenvalue weighted by Gasteiger charge is 2.06. The second-order valence-electron chi connectivity index (χ2n) is 3.42. The highest BCUT2D eigenvalue weighted by Crippen LogP contribution is 2.20. The molecule has 0 aliphatic heterocycles. The summed E-state index contributed by atoms with van der Waals surface area (Å²) in [5.41, 5.74) is 1.59. The van der Waals surface area contributed by atoms with E-state index >= 15 is 0 Å². The third-order valence-corrected chi connectivity index (χ3v) is 2.50.